The minimum atomic E-state index is -0.383. The van der Waals surface area contributed by atoms with Crippen molar-refractivity contribution < 1.29 is 15.0 Å². The maximum absolute atomic E-state index is 11.9. The lowest BCUT2D eigenvalue weighted by Crippen LogP contribution is -2.11. The van der Waals surface area contributed by atoms with E-state index in [9.17, 15) is 15.0 Å². The first-order valence-electron chi connectivity index (χ1n) is 5.45. The number of benzene rings is 2. The van der Waals surface area contributed by atoms with Crippen molar-refractivity contribution in [1.29, 1.82) is 0 Å². The molecule has 18 heavy (non-hydrogen) atoms. The van der Waals surface area contributed by atoms with Gasteiger partial charge in [-0.15, -0.1) is 0 Å². The molecule has 0 heterocycles. The molecule has 0 atom stereocenters. The number of hydrogen-bond donors (Lipinski definition) is 3. The third-order valence-corrected chi connectivity index (χ3v) is 2.44. The van der Waals surface area contributed by atoms with Crippen LogP contribution in [0.15, 0.2) is 42.5 Å². The van der Waals surface area contributed by atoms with Crippen molar-refractivity contribution >= 4 is 11.6 Å². The minimum Gasteiger partial charge on any atom is -0.508 e. The molecule has 2 aromatic rings. The zero-order chi connectivity index (χ0) is 13.1. The Kier molecular flexibility index (Phi) is 3.19. The van der Waals surface area contributed by atoms with Crippen LogP contribution in [0, 0.1) is 6.92 Å². The molecule has 0 saturated carbocycles. The number of anilines is 1. The SMILES string of the molecule is Cc1cccc(NC(=O)c2cc(O)cc(O)c2)c1. The topological polar surface area (TPSA) is 69.6 Å². The van der Waals surface area contributed by atoms with E-state index >= 15 is 0 Å². The van der Waals surface area contributed by atoms with Gasteiger partial charge in [-0.25, -0.2) is 0 Å². The van der Waals surface area contributed by atoms with Crippen LogP contribution in [0.25, 0.3) is 0 Å². The highest BCUT2D eigenvalue weighted by atomic mass is 16.3. The maximum Gasteiger partial charge on any atom is 0.255 e. The van der Waals surface area contributed by atoms with Gasteiger partial charge in [-0.2, -0.15) is 0 Å². The average Bonchev–Trinajstić information content (AvgIpc) is 2.27. The number of aryl methyl sites for hydroxylation is 1. The van der Waals surface area contributed by atoms with Gasteiger partial charge in [0.1, 0.15) is 11.5 Å². The van der Waals surface area contributed by atoms with E-state index in [1.165, 1.54) is 18.2 Å². The van der Waals surface area contributed by atoms with Crippen LogP contribution in [-0.2, 0) is 0 Å². The van der Waals surface area contributed by atoms with Crippen molar-refractivity contribution in [3.63, 3.8) is 0 Å². The molecule has 92 valence electrons. The zero-order valence-corrected chi connectivity index (χ0v) is 9.84. The van der Waals surface area contributed by atoms with Crippen LogP contribution in [0.1, 0.15) is 15.9 Å². The van der Waals surface area contributed by atoms with Gasteiger partial charge in [-0.05, 0) is 36.8 Å². The third kappa shape index (κ3) is 2.79. The molecule has 0 aliphatic carbocycles. The van der Waals surface area contributed by atoms with Gasteiger partial charge in [0.2, 0.25) is 0 Å². The van der Waals surface area contributed by atoms with E-state index < -0.39 is 0 Å². The molecule has 0 aromatic heterocycles. The summed E-state index contributed by atoms with van der Waals surface area (Å²) >= 11 is 0. The summed E-state index contributed by atoms with van der Waals surface area (Å²) in [6.07, 6.45) is 0. The Labute approximate surface area is 105 Å². The van der Waals surface area contributed by atoms with Gasteiger partial charge in [-0.1, -0.05) is 12.1 Å². The number of rotatable bonds is 2. The molecule has 4 heteroatoms. The van der Waals surface area contributed by atoms with Crippen LogP contribution < -0.4 is 5.32 Å². The molecular weight excluding hydrogens is 230 g/mol. The Morgan fingerprint density at radius 3 is 2.33 bits per heavy atom. The monoisotopic (exact) mass is 243 g/mol. The molecule has 4 nitrogen and oxygen atoms in total. The van der Waals surface area contributed by atoms with E-state index in [1.54, 1.807) is 6.07 Å². The predicted octanol–water partition coefficient (Wildman–Crippen LogP) is 2.66. The van der Waals surface area contributed by atoms with Crippen molar-refractivity contribution in [2.24, 2.45) is 0 Å². The van der Waals surface area contributed by atoms with Crippen molar-refractivity contribution in [2.75, 3.05) is 5.32 Å². The molecule has 2 rings (SSSR count). The summed E-state index contributed by atoms with van der Waals surface area (Å²) < 4.78 is 0. The first-order valence-corrected chi connectivity index (χ1v) is 5.45. The highest BCUT2D eigenvalue weighted by molar-refractivity contribution is 6.04. The number of nitrogens with one attached hydrogen (secondary N) is 1. The molecule has 0 bridgehead atoms. The summed E-state index contributed by atoms with van der Waals surface area (Å²) in [5.41, 5.74) is 1.91. The summed E-state index contributed by atoms with van der Waals surface area (Å²) in [6.45, 7) is 1.93. The largest absolute Gasteiger partial charge is 0.508 e. The standard InChI is InChI=1S/C14H13NO3/c1-9-3-2-4-11(5-9)15-14(18)10-6-12(16)8-13(17)7-10/h2-8,16-17H,1H3,(H,15,18). The Hall–Kier alpha value is -2.49. The molecule has 0 saturated heterocycles. The van der Waals surface area contributed by atoms with E-state index in [0.29, 0.717) is 5.69 Å². The average molecular weight is 243 g/mol. The Bertz CT molecular complexity index is 573. The summed E-state index contributed by atoms with van der Waals surface area (Å²) in [4.78, 5) is 11.9. The second kappa shape index (κ2) is 4.79. The molecule has 0 aliphatic rings. The third-order valence-electron chi connectivity index (χ3n) is 2.44. The van der Waals surface area contributed by atoms with E-state index in [1.807, 2.05) is 25.1 Å². The molecule has 0 aliphatic heterocycles. The van der Waals surface area contributed by atoms with Crippen LogP contribution in [0.5, 0.6) is 11.5 Å². The number of phenolic OH excluding ortho intramolecular Hbond substituents is 2. The summed E-state index contributed by atoms with van der Waals surface area (Å²) in [7, 11) is 0. The predicted molar refractivity (Wildman–Crippen MR) is 68.9 cm³/mol. The second-order valence-electron chi connectivity index (χ2n) is 4.06. The van der Waals surface area contributed by atoms with Crippen LogP contribution in [-0.4, -0.2) is 16.1 Å². The lowest BCUT2D eigenvalue weighted by molar-refractivity contribution is 0.102. The molecular formula is C14H13NO3. The van der Waals surface area contributed by atoms with Crippen molar-refractivity contribution in [3.8, 4) is 11.5 Å². The number of amides is 1. The van der Waals surface area contributed by atoms with Gasteiger partial charge in [0.15, 0.2) is 0 Å². The van der Waals surface area contributed by atoms with Crippen LogP contribution in [0.3, 0.4) is 0 Å². The van der Waals surface area contributed by atoms with E-state index in [4.69, 9.17) is 0 Å². The molecule has 0 spiro atoms. The van der Waals surface area contributed by atoms with Crippen molar-refractivity contribution in [2.45, 2.75) is 6.92 Å². The van der Waals surface area contributed by atoms with Crippen LogP contribution >= 0.6 is 0 Å². The van der Waals surface area contributed by atoms with Crippen LogP contribution in [0.2, 0.25) is 0 Å². The van der Waals surface area contributed by atoms with Gasteiger partial charge < -0.3 is 15.5 Å². The molecule has 3 N–H and O–H groups in total. The van der Waals surface area contributed by atoms with E-state index in [0.717, 1.165) is 5.56 Å². The smallest absolute Gasteiger partial charge is 0.255 e. The second-order valence-corrected chi connectivity index (χ2v) is 4.06. The Morgan fingerprint density at radius 1 is 1.06 bits per heavy atom. The van der Waals surface area contributed by atoms with Crippen molar-refractivity contribution in [3.05, 3.63) is 53.6 Å². The Morgan fingerprint density at radius 2 is 1.72 bits per heavy atom. The molecule has 0 unspecified atom stereocenters. The fraction of sp³-hybridized carbons (Fsp3) is 0.0714. The highest BCUT2D eigenvalue weighted by Crippen LogP contribution is 2.21. The fourth-order valence-corrected chi connectivity index (χ4v) is 1.65. The first kappa shape index (κ1) is 12.0. The number of carbonyl (C=O) groups is 1. The fourth-order valence-electron chi connectivity index (χ4n) is 1.65. The first-order chi connectivity index (χ1) is 8.54. The maximum atomic E-state index is 11.9. The Balaban J connectivity index is 2.22. The highest BCUT2D eigenvalue weighted by Gasteiger charge is 2.08. The minimum absolute atomic E-state index is 0.149. The molecule has 1 amide bonds. The van der Waals surface area contributed by atoms with Crippen molar-refractivity contribution in [1.82, 2.24) is 0 Å². The number of carbonyl (C=O) groups excluding carboxylic acids is 1. The molecule has 0 radical (unpaired) electrons. The number of aromatic hydroxyl groups is 2. The van der Waals surface area contributed by atoms with Gasteiger partial charge in [0.05, 0.1) is 0 Å². The summed E-state index contributed by atoms with van der Waals surface area (Å²) in [5, 5.41) is 21.3. The number of phenols is 2. The van der Waals surface area contributed by atoms with Crippen LogP contribution in [0.4, 0.5) is 5.69 Å². The summed E-state index contributed by atoms with van der Waals surface area (Å²) in [6, 6.07) is 11.1. The summed E-state index contributed by atoms with van der Waals surface area (Å²) in [5.74, 6) is -0.680. The van der Waals surface area contributed by atoms with Gasteiger partial charge >= 0.3 is 0 Å². The lowest BCUT2D eigenvalue weighted by Gasteiger charge is -2.06. The lowest BCUT2D eigenvalue weighted by atomic mass is 10.1. The van der Waals surface area contributed by atoms with Gasteiger partial charge in [-0.3, -0.25) is 4.79 Å². The van der Waals surface area contributed by atoms with Gasteiger partial charge in [0, 0.05) is 17.3 Å². The molecule has 2 aromatic carbocycles. The van der Waals surface area contributed by atoms with E-state index in [2.05, 4.69) is 5.32 Å². The van der Waals surface area contributed by atoms with Gasteiger partial charge in [0.25, 0.3) is 5.91 Å². The number of hydrogen-bond acceptors (Lipinski definition) is 3. The zero-order valence-electron chi connectivity index (χ0n) is 9.84. The molecule has 0 fully saturated rings. The normalized spacial score (nSPS) is 10.1. The van der Waals surface area contributed by atoms with E-state index in [-0.39, 0.29) is 23.0 Å². The quantitative estimate of drug-likeness (QED) is 0.759.